The topological polar surface area (TPSA) is 69.6 Å². The van der Waals surface area contributed by atoms with E-state index in [9.17, 15) is 27.9 Å². The number of aliphatic hydroxyl groups is 1. The molecule has 2 aromatic rings. The van der Waals surface area contributed by atoms with Gasteiger partial charge in [0.2, 0.25) is 11.8 Å². The molecule has 2 aromatic carbocycles. The Kier molecular flexibility index (Phi) is 4.93. The van der Waals surface area contributed by atoms with Crippen LogP contribution in [0.2, 0.25) is 0 Å². The second kappa shape index (κ2) is 7.03. The van der Waals surface area contributed by atoms with E-state index in [0.29, 0.717) is 22.4 Å². The second-order valence-corrected chi connectivity index (χ2v) is 6.29. The number of alkyl halides is 3. The van der Waals surface area contributed by atoms with Gasteiger partial charge < -0.3 is 15.3 Å². The molecule has 1 fully saturated rings. The molecule has 1 aliphatic heterocycles. The zero-order valence-electron chi connectivity index (χ0n) is 14.4. The van der Waals surface area contributed by atoms with E-state index in [1.165, 1.54) is 11.0 Å². The fourth-order valence-corrected chi connectivity index (χ4v) is 3.09. The van der Waals surface area contributed by atoms with Crippen LogP contribution in [0.5, 0.6) is 0 Å². The van der Waals surface area contributed by atoms with Crippen LogP contribution in [0.25, 0.3) is 11.1 Å². The summed E-state index contributed by atoms with van der Waals surface area (Å²) in [5.74, 6) is -0.501. The normalized spacial score (nSPS) is 15.1. The van der Waals surface area contributed by atoms with Gasteiger partial charge in [-0.1, -0.05) is 12.1 Å². The Morgan fingerprint density at radius 2 is 1.89 bits per heavy atom. The number of hydrogen-bond donors (Lipinski definition) is 2. The van der Waals surface area contributed by atoms with Gasteiger partial charge >= 0.3 is 6.18 Å². The van der Waals surface area contributed by atoms with E-state index in [2.05, 4.69) is 5.32 Å². The van der Waals surface area contributed by atoms with Gasteiger partial charge in [-0.05, 0) is 53.4 Å². The zero-order chi connectivity index (χ0) is 19.8. The van der Waals surface area contributed by atoms with Crippen molar-refractivity contribution in [2.24, 2.45) is 0 Å². The summed E-state index contributed by atoms with van der Waals surface area (Å²) in [6.07, 6.45) is -4.49. The first-order valence-electron chi connectivity index (χ1n) is 8.20. The van der Waals surface area contributed by atoms with E-state index in [1.54, 1.807) is 25.1 Å². The summed E-state index contributed by atoms with van der Waals surface area (Å²) < 4.78 is 38.6. The molecule has 5 nitrogen and oxygen atoms in total. The minimum Gasteiger partial charge on any atom is -0.392 e. The summed E-state index contributed by atoms with van der Waals surface area (Å²) in [6, 6.07) is 8.25. The minimum atomic E-state index is -4.49. The molecule has 0 unspecified atom stereocenters. The van der Waals surface area contributed by atoms with E-state index in [1.807, 2.05) is 0 Å². The minimum absolute atomic E-state index is 0.0758. The van der Waals surface area contributed by atoms with Crippen LogP contribution in [0.4, 0.5) is 18.9 Å². The maximum Gasteiger partial charge on any atom is 0.416 e. The lowest BCUT2D eigenvalue weighted by Gasteiger charge is -2.28. The molecule has 142 valence electrons. The monoisotopic (exact) mass is 378 g/mol. The number of amides is 2. The smallest absolute Gasteiger partial charge is 0.392 e. The first-order valence-corrected chi connectivity index (χ1v) is 8.20. The molecule has 1 heterocycles. The number of anilines is 1. The maximum absolute atomic E-state index is 12.9. The van der Waals surface area contributed by atoms with Crippen molar-refractivity contribution < 1.29 is 27.9 Å². The molecule has 1 saturated heterocycles. The Labute approximate surface area is 153 Å². The highest BCUT2D eigenvalue weighted by molar-refractivity contribution is 6.05. The second-order valence-electron chi connectivity index (χ2n) is 6.29. The van der Waals surface area contributed by atoms with E-state index in [0.717, 1.165) is 12.1 Å². The van der Waals surface area contributed by atoms with Crippen LogP contribution in [-0.2, 0) is 22.4 Å². The summed E-state index contributed by atoms with van der Waals surface area (Å²) in [4.78, 5) is 25.0. The van der Waals surface area contributed by atoms with Crippen LogP contribution >= 0.6 is 0 Å². The summed E-state index contributed by atoms with van der Waals surface area (Å²) in [6.45, 7) is 1.06. The summed E-state index contributed by atoms with van der Waals surface area (Å²) in [7, 11) is 0. The van der Waals surface area contributed by atoms with Crippen molar-refractivity contribution in [3.8, 4) is 11.1 Å². The van der Waals surface area contributed by atoms with Gasteiger partial charge in [0, 0.05) is 5.69 Å². The number of aliphatic hydroxyl groups excluding tert-OH is 1. The van der Waals surface area contributed by atoms with Gasteiger partial charge in [0.05, 0.1) is 18.7 Å². The Morgan fingerprint density at radius 1 is 1.15 bits per heavy atom. The van der Waals surface area contributed by atoms with Crippen molar-refractivity contribution in [3.05, 3.63) is 53.1 Å². The number of piperazine rings is 1. The van der Waals surface area contributed by atoms with E-state index in [-0.39, 0.29) is 30.5 Å². The van der Waals surface area contributed by atoms with Gasteiger partial charge in [0.1, 0.15) is 6.54 Å². The predicted molar refractivity (Wildman–Crippen MR) is 92.9 cm³/mol. The third kappa shape index (κ3) is 3.80. The molecular formula is C19H17F3N2O3. The lowest BCUT2D eigenvalue weighted by Crippen LogP contribution is -2.51. The first kappa shape index (κ1) is 18.9. The summed E-state index contributed by atoms with van der Waals surface area (Å²) in [5, 5.41) is 12.0. The molecule has 0 radical (unpaired) electrons. The molecule has 0 spiro atoms. The fourth-order valence-electron chi connectivity index (χ4n) is 3.09. The van der Waals surface area contributed by atoms with Crippen molar-refractivity contribution in [1.29, 1.82) is 0 Å². The molecule has 2 amide bonds. The Balaban J connectivity index is 1.98. The summed E-state index contributed by atoms with van der Waals surface area (Å²) in [5.41, 5.74) is 1.68. The van der Waals surface area contributed by atoms with Gasteiger partial charge in [-0.15, -0.1) is 0 Å². The molecule has 1 aliphatic rings. The SMILES string of the molecule is Cc1cc(-c2ccc(C(F)(F)F)cc2CO)ccc1N1CC(=O)NCC1=O. The number of carbonyl (C=O) groups excluding carboxylic acids is 2. The lowest BCUT2D eigenvalue weighted by atomic mass is 9.95. The Morgan fingerprint density at radius 3 is 2.52 bits per heavy atom. The Hall–Kier alpha value is -2.87. The van der Waals surface area contributed by atoms with Crippen LogP contribution in [0.15, 0.2) is 36.4 Å². The van der Waals surface area contributed by atoms with Crippen molar-refractivity contribution in [1.82, 2.24) is 5.32 Å². The predicted octanol–water partition coefficient (Wildman–Crippen LogP) is 2.64. The highest BCUT2D eigenvalue weighted by atomic mass is 19.4. The van der Waals surface area contributed by atoms with Crippen molar-refractivity contribution in [2.45, 2.75) is 19.7 Å². The molecule has 0 atom stereocenters. The van der Waals surface area contributed by atoms with Crippen LogP contribution in [0, 0.1) is 6.92 Å². The van der Waals surface area contributed by atoms with E-state index >= 15 is 0 Å². The molecular weight excluding hydrogens is 361 g/mol. The number of hydrogen-bond acceptors (Lipinski definition) is 3. The number of carbonyl (C=O) groups is 2. The van der Waals surface area contributed by atoms with Crippen LogP contribution in [-0.4, -0.2) is 30.0 Å². The number of rotatable bonds is 3. The number of benzene rings is 2. The number of aryl methyl sites for hydroxylation is 1. The molecule has 3 rings (SSSR count). The largest absolute Gasteiger partial charge is 0.416 e. The number of nitrogens with one attached hydrogen (secondary N) is 1. The molecule has 0 saturated carbocycles. The zero-order valence-corrected chi connectivity index (χ0v) is 14.4. The van der Waals surface area contributed by atoms with Crippen LogP contribution < -0.4 is 10.2 Å². The molecule has 2 N–H and O–H groups in total. The standard InChI is InChI=1S/C19H17F3N2O3/c1-11-6-12(2-5-16(11)24-9-17(26)23-8-18(24)27)15-4-3-14(19(20,21)22)7-13(15)10-25/h2-7,25H,8-10H2,1H3,(H,23,26). The van der Waals surface area contributed by atoms with Gasteiger partial charge in [-0.25, -0.2) is 0 Å². The van der Waals surface area contributed by atoms with Crippen LogP contribution in [0.3, 0.4) is 0 Å². The van der Waals surface area contributed by atoms with Gasteiger partial charge in [0.15, 0.2) is 0 Å². The molecule has 8 heteroatoms. The van der Waals surface area contributed by atoms with Crippen LogP contribution in [0.1, 0.15) is 16.7 Å². The average Bonchev–Trinajstić information content (AvgIpc) is 2.62. The third-order valence-corrected chi connectivity index (χ3v) is 4.44. The first-order chi connectivity index (χ1) is 12.7. The van der Waals surface area contributed by atoms with E-state index < -0.39 is 18.3 Å². The van der Waals surface area contributed by atoms with Gasteiger partial charge in [-0.3, -0.25) is 9.59 Å². The molecule has 0 bridgehead atoms. The molecule has 0 aliphatic carbocycles. The van der Waals surface area contributed by atoms with Crippen molar-refractivity contribution in [3.63, 3.8) is 0 Å². The fraction of sp³-hybridized carbons (Fsp3) is 0.263. The Bertz CT molecular complexity index is 910. The molecule has 0 aromatic heterocycles. The van der Waals surface area contributed by atoms with Crippen molar-refractivity contribution in [2.75, 3.05) is 18.0 Å². The van der Waals surface area contributed by atoms with Crippen molar-refractivity contribution >= 4 is 17.5 Å². The molecule has 27 heavy (non-hydrogen) atoms. The quantitative estimate of drug-likeness (QED) is 0.863. The van der Waals surface area contributed by atoms with E-state index in [4.69, 9.17) is 0 Å². The highest BCUT2D eigenvalue weighted by Gasteiger charge is 2.31. The average molecular weight is 378 g/mol. The number of nitrogens with zero attached hydrogens (tertiary/aromatic N) is 1. The third-order valence-electron chi connectivity index (χ3n) is 4.44. The van der Waals surface area contributed by atoms with Gasteiger partial charge in [0.25, 0.3) is 0 Å². The number of halogens is 3. The highest BCUT2D eigenvalue weighted by Crippen LogP contribution is 2.35. The summed E-state index contributed by atoms with van der Waals surface area (Å²) >= 11 is 0. The maximum atomic E-state index is 12.9. The lowest BCUT2D eigenvalue weighted by molar-refractivity contribution is -0.137. The van der Waals surface area contributed by atoms with Gasteiger partial charge in [-0.2, -0.15) is 13.2 Å².